The summed E-state index contributed by atoms with van der Waals surface area (Å²) in [4.78, 5) is 29.7. The number of fused-ring (bicyclic) bond motifs is 1. The number of hydrogen-bond donors (Lipinski definition) is 3. The standard InChI is InChI=1S/C33H42N4O4S2/c1-32(2,3)36-43(40,41)29-10-8-7-9-26(29)23-13-11-22(12-14-23)21-37-28-18-16-25(42-6)19-24(28)15-17-27(31(37)39)35-30(38)20-33(4,5)34/h7-14,16,18-19,27,36H,15,17,20-21,34H2,1-6H3,(H,35,38)/t27-/m1/s1. The molecular formula is C33H42N4O4S2. The highest BCUT2D eigenvalue weighted by molar-refractivity contribution is 7.98. The van der Waals surface area contributed by atoms with Crippen LogP contribution in [0.25, 0.3) is 11.1 Å². The second-order valence-corrected chi connectivity index (χ2v) is 15.3. The zero-order chi connectivity index (χ0) is 31.6. The summed E-state index contributed by atoms with van der Waals surface area (Å²) in [7, 11) is -3.75. The average molecular weight is 623 g/mol. The Morgan fingerprint density at radius 3 is 2.33 bits per heavy atom. The van der Waals surface area contributed by atoms with Crippen LogP contribution in [0.1, 0.15) is 58.6 Å². The van der Waals surface area contributed by atoms with Gasteiger partial charge in [0.25, 0.3) is 0 Å². The van der Waals surface area contributed by atoms with E-state index in [0.717, 1.165) is 27.3 Å². The lowest BCUT2D eigenvalue weighted by molar-refractivity contribution is -0.128. The van der Waals surface area contributed by atoms with Gasteiger partial charge in [-0.2, -0.15) is 0 Å². The Morgan fingerprint density at radius 1 is 1.02 bits per heavy atom. The van der Waals surface area contributed by atoms with E-state index in [4.69, 9.17) is 5.73 Å². The van der Waals surface area contributed by atoms with Gasteiger partial charge >= 0.3 is 0 Å². The van der Waals surface area contributed by atoms with E-state index < -0.39 is 27.1 Å². The second-order valence-electron chi connectivity index (χ2n) is 12.8. The number of thioether (sulfide) groups is 1. The van der Waals surface area contributed by atoms with Crippen LogP contribution in [0.5, 0.6) is 0 Å². The lowest BCUT2D eigenvalue weighted by Crippen LogP contribution is -2.49. The third-order valence-corrected chi connectivity index (χ3v) is 9.56. The van der Waals surface area contributed by atoms with E-state index in [0.29, 0.717) is 24.9 Å². The van der Waals surface area contributed by atoms with Crippen LogP contribution < -0.4 is 20.7 Å². The van der Waals surface area contributed by atoms with E-state index in [9.17, 15) is 18.0 Å². The summed E-state index contributed by atoms with van der Waals surface area (Å²) in [6.45, 7) is 9.28. The van der Waals surface area contributed by atoms with Crippen LogP contribution in [0.4, 0.5) is 5.69 Å². The molecular weight excluding hydrogens is 581 g/mol. The molecule has 0 saturated carbocycles. The lowest BCUT2D eigenvalue weighted by Gasteiger charge is -2.27. The average Bonchev–Trinajstić information content (AvgIpc) is 3.03. The first-order valence-corrected chi connectivity index (χ1v) is 17.1. The van der Waals surface area contributed by atoms with Crippen LogP contribution in [0.3, 0.4) is 0 Å². The van der Waals surface area contributed by atoms with Crippen molar-refractivity contribution in [3.63, 3.8) is 0 Å². The maximum absolute atomic E-state index is 13.9. The number of benzene rings is 3. The Kier molecular flexibility index (Phi) is 9.76. The molecule has 2 amide bonds. The van der Waals surface area contributed by atoms with Gasteiger partial charge < -0.3 is 16.0 Å². The Labute approximate surface area is 259 Å². The molecule has 0 bridgehead atoms. The maximum Gasteiger partial charge on any atom is 0.249 e. The van der Waals surface area contributed by atoms with Crippen LogP contribution in [0.15, 0.2) is 76.5 Å². The minimum atomic E-state index is -3.75. The molecule has 8 nitrogen and oxygen atoms in total. The minimum Gasteiger partial charge on any atom is -0.344 e. The van der Waals surface area contributed by atoms with E-state index in [1.165, 1.54) is 0 Å². The molecule has 43 heavy (non-hydrogen) atoms. The number of anilines is 1. The summed E-state index contributed by atoms with van der Waals surface area (Å²) in [5.74, 6) is -0.423. The van der Waals surface area contributed by atoms with Crippen LogP contribution in [-0.4, -0.2) is 43.6 Å². The molecule has 0 unspecified atom stereocenters. The predicted molar refractivity (Wildman–Crippen MR) is 175 cm³/mol. The molecule has 0 radical (unpaired) electrons. The van der Waals surface area contributed by atoms with Crippen molar-refractivity contribution in [3.8, 4) is 11.1 Å². The fraction of sp³-hybridized carbons (Fsp3) is 0.394. The fourth-order valence-corrected chi connectivity index (χ4v) is 7.32. The first-order chi connectivity index (χ1) is 20.1. The van der Waals surface area contributed by atoms with Crippen molar-refractivity contribution in [2.45, 2.75) is 87.3 Å². The van der Waals surface area contributed by atoms with Gasteiger partial charge in [-0.3, -0.25) is 9.59 Å². The van der Waals surface area contributed by atoms with Gasteiger partial charge in [0.15, 0.2) is 0 Å². The molecule has 0 aromatic heterocycles. The summed E-state index contributed by atoms with van der Waals surface area (Å²) in [5.41, 5.74) is 8.85. The van der Waals surface area contributed by atoms with Gasteiger partial charge in [0.1, 0.15) is 6.04 Å². The van der Waals surface area contributed by atoms with Crippen molar-refractivity contribution < 1.29 is 18.0 Å². The quantitative estimate of drug-likeness (QED) is 0.281. The van der Waals surface area contributed by atoms with Gasteiger partial charge in [-0.1, -0.05) is 42.5 Å². The van der Waals surface area contributed by atoms with E-state index in [1.807, 2.05) is 48.7 Å². The van der Waals surface area contributed by atoms with Crippen LogP contribution in [0, 0.1) is 0 Å². The zero-order valence-corrected chi connectivity index (χ0v) is 27.4. The summed E-state index contributed by atoms with van der Waals surface area (Å²) in [5, 5.41) is 2.93. The van der Waals surface area contributed by atoms with Crippen LogP contribution >= 0.6 is 11.8 Å². The normalized spacial score (nSPS) is 16.0. The largest absolute Gasteiger partial charge is 0.344 e. The van der Waals surface area contributed by atoms with Gasteiger partial charge in [0.2, 0.25) is 21.8 Å². The molecule has 0 fully saturated rings. The number of amides is 2. The third-order valence-electron chi connectivity index (χ3n) is 7.02. The summed E-state index contributed by atoms with van der Waals surface area (Å²) in [6, 6.07) is 19.9. The molecule has 3 aromatic rings. The molecule has 0 aliphatic carbocycles. The van der Waals surface area contributed by atoms with Gasteiger partial charge in [0, 0.05) is 33.6 Å². The molecule has 1 heterocycles. The van der Waals surface area contributed by atoms with Crippen molar-refractivity contribution in [1.29, 1.82) is 0 Å². The molecule has 3 aromatic carbocycles. The molecule has 230 valence electrons. The van der Waals surface area contributed by atoms with E-state index in [2.05, 4.69) is 16.1 Å². The molecule has 1 aliphatic heterocycles. The number of nitrogens with two attached hydrogens (primary N) is 1. The number of hydrogen-bond acceptors (Lipinski definition) is 6. The Bertz CT molecular complexity index is 1590. The summed E-state index contributed by atoms with van der Waals surface area (Å²) in [6.07, 6.45) is 3.27. The second kappa shape index (κ2) is 12.8. The van der Waals surface area contributed by atoms with Gasteiger partial charge in [-0.15, -0.1) is 11.8 Å². The van der Waals surface area contributed by atoms with Crippen molar-refractivity contribution in [1.82, 2.24) is 10.0 Å². The van der Waals surface area contributed by atoms with Crippen molar-refractivity contribution in [2.24, 2.45) is 5.73 Å². The topological polar surface area (TPSA) is 122 Å². The number of aryl methyl sites for hydroxylation is 1. The highest BCUT2D eigenvalue weighted by atomic mass is 32.2. The van der Waals surface area contributed by atoms with E-state index >= 15 is 0 Å². The minimum absolute atomic E-state index is 0.115. The fourth-order valence-electron chi connectivity index (χ4n) is 5.21. The number of sulfonamides is 1. The lowest BCUT2D eigenvalue weighted by atomic mass is 10.0. The molecule has 1 aliphatic rings. The van der Waals surface area contributed by atoms with E-state index in [1.54, 1.807) is 69.5 Å². The smallest absolute Gasteiger partial charge is 0.249 e. The molecule has 0 saturated heterocycles. The van der Waals surface area contributed by atoms with Crippen molar-refractivity contribution in [3.05, 3.63) is 77.9 Å². The number of nitrogens with one attached hydrogen (secondary N) is 2. The molecule has 4 rings (SSSR count). The van der Waals surface area contributed by atoms with Gasteiger partial charge in [-0.25, -0.2) is 13.1 Å². The highest BCUT2D eigenvalue weighted by Gasteiger charge is 2.32. The predicted octanol–water partition coefficient (Wildman–Crippen LogP) is 5.24. The third kappa shape index (κ3) is 8.47. The van der Waals surface area contributed by atoms with Crippen molar-refractivity contribution >= 4 is 39.3 Å². The van der Waals surface area contributed by atoms with Crippen LogP contribution in [0.2, 0.25) is 0 Å². The van der Waals surface area contributed by atoms with Crippen molar-refractivity contribution in [2.75, 3.05) is 11.2 Å². The Balaban J connectivity index is 1.64. The summed E-state index contributed by atoms with van der Waals surface area (Å²) < 4.78 is 29.1. The monoisotopic (exact) mass is 622 g/mol. The highest BCUT2D eigenvalue weighted by Crippen LogP contribution is 2.33. The van der Waals surface area contributed by atoms with Crippen LogP contribution in [-0.2, 0) is 32.6 Å². The first-order valence-electron chi connectivity index (χ1n) is 14.4. The Hall–Kier alpha value is -3.18. The SMILES string of the molecule is CSc1ccc2c(c1)CC[C@@H](NC(=O)CC(C)(C)N)C(=O)N2Cc1ccc(-c2ccccc2S(=O)(=O)NC(C)(C)C)cc1. The molecule has 1 atom stereocenters. The number of rotatable bonds is 9. The van der Waals surface area contributed by atoms with Gasteiger partial charge in [0.05, 0.1) is 11.4 Å². The number of carbonyl (C=O) groups is 2. The number of nitrogens with zero attached hydrogens (tertiary/aromatic N) is 1. The van der Waals surface area contributed by atoms with E-state index in [-0.39, 0.29) is 23.1 Å². The molecule has 0 spiro atoms. The summed E-state index contributed by atoms with van der Waals surface area (Å²) >= 11 is 1.64. The molecule has 4 N–H and O–H groups in total. The number of carbonyl (C=O) groups excluding carboxylic acids is 2. The maximum atomic E-state index is 13.9. The first kappa shape index (κ1) is 32.7. The van der Waals surface area contributed by atoms with Gasteiger partial charge in [-0.05, 0) is 94.7 Å². The molecule has 10 heteroatoms. The zero-order valence-electron chi connectivity index (χ0n) is 25.7. The Morgan fingerprint density at radius 2 is 1.70 bits per heavy atom.